The van der Waals surface area contributed by atoms with Crippen molar-refractivity contribution in [3.8, 4) is 5.88 Å². The molecular weight excluding hydrogens is 156 g/mol. The van der Waals surface area contributed by atoms with Gasteiger partial charge in [-0.3, -0.25) is 4.79 Å². The maximum absolute atomic E-state index is 11.3. The smallest absolute Gasteiger partial charge is 0.256 e. The van der Waals surface area contributed by atoms with Crippen molar-refractivity contribution in [2.75, 3.05) is 13.2 Å². The highest BCUT2D eigenvalue weighted by Crippen LogP contribution is 2.15. The van der Waals surface area contributed by atoms with Crippen LogP contribution in [0.5, 0.6) is 5.88 Å². The van der Waals surface area contributed by atoms with E-state index in [-0.39, 0.29) is 5.91 Å². The van der Waals surface area contributed by atoms with E-state index in [2.05, 4.69) is 10.3 Å². The molecule has 0 saturated carbocycles. The summed E-state index contributed by atoms with van der Waals surface area (Å²) in [5.74, 6) is 0.308. The van der Waals surface area contributed by atoms with Gasteiger partial charge in [-0.15, -0.1) is 0 Å². The third kappa shape index (κ3) is 1.11. The van der Waals surface area contributed by atoms with E-state index in [4.69, 9.17) is 4.74 Å². The fourth-order valence-corrected chi connectivity index (χ4v) is 1.09. The molecule has 12 heavy (non-hydrogen) atoms. The summed E-state index contributed by atoms with van der Waals surface area (Å²) in [5.41, 5.74) is 0.509. The largest absolute Gasteiger partial charge is 0.475 e. The summed E-state index contributed by atoms with van der Waals surface area (Å²) in [6.45, 7) is 1.02. The monoisotopic (exact) mass is 164 g/mol. The lowest BCUT2D eigenvalue weighted by atomic mass is 10.2. The van der Waals surface area contributed by atoms with E-state index in [0.29, 0.717) is 24.6 Å². The predicted molar refractivity (Wildman–Crippen MR) is 42.1 cm³/mol. The molecule has 1 aromatic heterocycles. The van der Waals surface area contributed by atoms with Crippen LogP contribution < -0.4 is 10.1 Å². The van der Waals surface area contributed by atoms with Crippen LogP contribution in [0, 0.1) is 0 Å². The molecule has 0 radical (unpaired) electrons. The molecule has 1 aliphatic rings. The molecule has 0 aliphatic carbocycles. The quantitative estimate of drug-likeness (QED) is 0.596. The van der Waals surface area contributed by atoms with Crippen LogP contribution in [0.25, 0.3) is 0 Å². The number of rotatable bonds is 0. The van der Waals surface area contributed by atoms with E-state index in [1.807, 2.05) is 0 Å². The summed E-state index contributed by atoms with van der Waals surface area (Å²) in [6, 6.07) is 3.41. The number of carbonyl (C=O) groups excluding carboxylic acids is 1. The molecule has 0 fully saturated rings. The Labute approximate surface area is 69.6 Å². The molecule has 0 bridgehead atoms. The molecule has 2 heterocycles. The number of ether oxygens (including phenoxy) is 1. The molecule has 0 aromatic carbocycles. The molecule has 1 N–H and O–H groups in total. The maximum Gasteiger partial charge on any atom is 0.256 e. The minimum Gasteiger partial charge on any atom is -0.475 e. The number of fused-ring (bicyclic) bond motifs is 1. The summed E-state index contributed by atoms with van der Waals surface area (Å²) in [6.07, 6.45) is 1.61. The number of aromatic nitrogens is 1. The normalized spacial score (nSPS) is 15.5. The second-order valence-electron chi connectivity index (χ2n) is 2.46. The van der Waals surface area contributed by atoms with Crippen LogP contribution in [-0.2, 0) is 0 Å². The second kappa shape index (κ2) is 2.81. The number of amides is 1. The minimum absolute atomic E-state index is 0.115. The molecule has 62 valence electrons. The molecule has 4 nitrogen and oxygen atoms in total. The average Bonchev–Trinajstić information content (AvgIpc) is 2.29. The van der Waals surface area contributed by atoms with Crippen LogP contribution in [0.4, 0.5) is 0 Å². The molecule has 1 aliphatic heterocycles. The van der Waals surface area contributed by atoms with Gasteiger partial charge >= 0.3 is 0 Å². The van der Waals surface area contributed by atoms with Gasteiger partial charge in [0.1, 0.15) is 12.2 Å². The first-order valence-electron chi connectivity index (χ1n) is 3.74. The third-order valence-electron chi connectivity index (χ3n) is 1.64. The van der Waals surface area contributed by atoms with Crippen molar-refractivity contribution in [1.82, 2.24) is 10.3 Å². The van der Waals surface area contributed by atoms with E-state index in [1.165, 1.54) is 0 Å². The van der Waals surface area contributed by atoms with Crippen LogP contribution in [0.2, 0.25) is 0 Å². The summed E-state index contributed by atoms with van der Waals surface area (Å²) in [5, 5.41) is 2.70. The topological polar surface area (TPSA) is 51.2 Å². The van der Waals surface area contributed by atoms with E-state index in [1.54, 1.807) is 18.3 Å². The first-order chi connectivity index (χ1) is 5.88. The highest BCUT2D eigenvalue weighted by molar-refractivity contribution is 5.96. The number of nitrogens with zero attached hydrogens (tertiary/aromatic N) is 1. The minimum atomic E-state index is -0.115. The van der Waals surface area contributed by atoms with E-state index >= 15 is 0 Å². The van der Waals surface area contributed by atoms with Crippen molar-refractivity contribution in [2.45, 2.75) is 0 Å². The molecule has 4 heteroatoms. The van der Waals surface area contributed by atoms with Gasteiger partial charge in [0.2, 0.25) is 5.88 Å². The number of pyridine rings is 1. The predicted octanol–water partition coefficient (Wildman–Crippen LogP) is 0.204. The van der Waals surface area contributed by atoms with Gasteiger partial charge in [0.05, 0.1) is 6.54 Å². The molecule has 1 aromatic rings. The van der Waals surface area contributed by atoms with Crippen LogP contribution in [0.3, 0.4) is 0 Å². The Bertz CT molecular complexity index is 312. The lowest BCUT2D eigenvalue weighted by Gasteiger charge is -2.01. The van der Waals surface area contributed by atoms with Crippen molar-refractivity contribution in [3.63, 3.8) is 0 Å². The number of hydrogen-bond acceptors (Lipinski definition) is 3. The highest BCUT2D eigenvalue weighted by atomic mass is 16.5. The van der Waals surface area contributed by atoms with Gasteiger partial charge in [0, 0.05) is 6.20 Å². The van der Waals surface area contributed by atoms with E-state index in [9.17, 15) is 4.79 Å². The third-order valence-corrected chi connectivity index (χ3v) is 1.64. The van der Waals surface area contributed by atoms with Crippen LogP contribution in [0.15, 0.2) is 18.3 Å². The zero-order valence-electron chi connectivity index (χ0n) is 6.41. The number of carbonyl (C=O) groups is 1. The van der Waals surface area contributed by atoms with Gasteiger partial charge in [-0.2, -0.15) is 0 Å². The Morgan fingerprint density at radius 3 is 3.42 bits per heavy atom. The molecule has 0 saturated heterocycles. The SMILES string of the molecule is O=C1NCCOc2ncccc21. The number of nitrogens with one attached hydrogen (secondary N) is 1. The summed E-state index contributed by atoms with van der Waals surface area (Å²) in [4.78, 5) is 15.2. The first-order valence-corrected chi connectivity index (χ1v) is 3.74. The van der Waals surface area contributed by atoms with Gasteiger partial charge in [-0.25, -0.2) is 4.98 Å². The van der Waals surface area contributed by atoms with Gasteiger partial charge in [-0.1, -0.05) is 0 Å². The van der Waals surface area contributed by atoms with Crippen molar-refractivity contribution in [1.29, 1.82) is 0 Å². The fourth-order valence-electron chi connectivity index (χ4n) is 1.09. The standard InChI is InChI=1S/C8H8N2O2/c11-7-6-2-1-3-10-8(6)12-5-4-9-7/h1-3H,4-5H2,(H,9,11). The van der Waals surface area contributed by atoms with Crippen molar-refractivity contribution in [2.24, 2.45) is 0 Å². The Morgan fingerprint density at radius 1 is 1.58 bits per heavy atom. The second-order valence-corrected chi connectivity index (χ2v) is 2.46. The van der Waals surface area contributed by atoms with Crippen molar-refractivity contribution < 1.29 is 9.53 Å². The molecule has 0 unspecified atom stereocenters. The fraction of sp³-hybridized carbons (Fsp3) is 0.250. The Balaban J connectivity index is 2.46. The van der Waals surface area contributed by atoms with Crippen LogP contribution in [-0.4, -0.2) is 24.0 Å². The Morgan fingerprint density at radius 2 is 2.50 bits per heavy atom. The lowest BCUT2D eigenvalue weighted by molar-refractivity contribution is 0.0957. The molecule has 0 spiro atoms. The summed E-state index contributed by atoms with van der Waals surface area (Å²) >= 11 is 0. The zero-order valence-corrected chi connectivity index (χ0v) is 6.41. The Hall–Kier alpha value is -1.58. The molecule has 0 atom stereocenters. The highest BCUT2D eigenvalue weighted by Gasteiger charge is 2.15. The summed E-state index contributed by atoms with van der Waals surface area (Å²) < 4.78 is 5.22. The van der Waals surface area contributed by atoms with Crippen LogP contribution in [0.1, 0.15) is 10.4 Å². The number of hydrogen-bond donors (Lipinski definition) is 1. The summed E-state index contributed by atoms with van der Waals surface area (Å²) in [7, 11) is 0. The van der Waals surface area contributed by atoms with E-state index in [0.717, 1.165) is 0 Å². The van der Waals surface area contributed by atoms with Gasteiger partial charge in [0.25, 0.3) is 5.91 Å². The average molecular weight is 164 g/mol. The first kappa shape index (κ1) is 7.09. The van der Waals surface area contributed by atoms with Crippen LogP contribution >= 0.6 is 0 Å². The van der Waals surface area contributed by atoms with Gasteiger partial charge in [0.15, 0.2) is 0 Å². The van der Waals surface area contributed by atoms with E-state index < -0.39 is 0 Å². The van der Waals surface area contributed by atoms with Crippen molar-refractivity contribution >= 4 is 5.91 Å². The van der Waals surface area contributed by atoms with Crippen molar-refractivity contribution in [3.05, 3.63) is 23.9 Å². The molecule has 2 rings (SSSR count). The molecule has 1 amide bonds. The Kier molecular flexibility index (Phi) is 1.66. The maximum atomic E-state index is 11.3. The molecular formula is C8H8N2O2. The lowest BCUT2D eigenvalue weighted by Crippen LogP contribution is -2.24. The van der Waals surface area contributed by atoms with Gasteiger partial charge < -0.3 is 10.1 Å². The van der Waals surface area contributed by atoms with Gasteiger partial charge in [-0.05, 0) is 12.1 Å². The zero-order chi connectivity index (χ0) is 8.39.